The molecule has 2 nitrogen and oxygen atoms in total. The Hall–Kier alpha value is -1.57. The molecule has 4 rings (SSSR count). The van der Waals surface area contributed by atoms with Crippen LogP contribution in [0, 0.1) is 31.1 Å². The molecule has 0 saturated heterocycles. The van der Waals surface area contributed by atoms with Crippen molar-refractivity contribution in [3.63, 3.8) is 0 Å². The summed E-state index contributed by atoms with van der Waals surface area (Å²) in [7, 11) is 0. The summed E-state index contributed by atoms with van der Waals surface area (Å²) in [5, 5.41) is 10.1. The van der Waals surface area contributed by atoms with Crippen molar-refractivity contribution in [3.05, 3.63) is 34.4 Å². The lowest BCUT2D eigenvalue weighted by molar-refractivity contribution is -0.128. The van der Waals surface area contributed by atoms with Gasteiger partial charge >= 0.3 is 0 Å². The quantitative estimate of drug-likeness (QED) is 0.764. The number of phenolic OH excluding ortho intramolecular Hbond substituents is 1. The Kier molecular flexibility index (Phi) is 2.85. The number of hydrogen-bond donors (Lipinski definition) is 1. The summed E-state index contributed by atoms with van der Waals surface area (Å²) in [6.07, 6.45) is 8.42. The summed E-state index contributed by atoms with van der Waals surface area (Å²) in [5.41, 5.74) is 4.74. The first-order valence-corrected chi connectivity index (χ1v) is 8.48. The summed E-state index contributed by atoms with van der Waals surface area (Å²) < 4.78 is 0. The van der Waals surface area contributed by atoms with Crippen molar-refractivity contribution in [1.82, 2.24) is 0 Å². The largest absolute Gasteiger partial charge is 0.508 e. The van der Waals surface area contributed by atoms with Gasteiger partial charge in [-0.05, 0) is 79.2 Å². The lowest BCUT2D eigenvalue weighted by atomic mass is 9.57. The lowest BCUT2D eigenvalue weighted by Crippen LogP contribution is -2.41. The third-order valence-corrected chi connectivity index (χ3v) is 6.86. The Morgan fingerprint density at radius 2 is 2.00 bits per heavy atom. The summed E-state index contributed by atoms with van der Waals surface area (Å²) >= 11 is 0. The van der Waals surface area contributed by atoms with Crippen LogP contribution in [0.15, 0.2) is 12.1 Å². The van der Waals surface area contributed by atoms with E-state index < -0.39 is 0 Å². The number of benzene rings is 1. The number of aromatic hydroxyl groups is 1. The minimum atomic E-state index is -0.0944. The van der Waals surface area contributed by atoms with Crippen molar-refractivity contribution < 1.29 is 9.90 Å². The van der Waals surface area contributed by atoms with Gasteiger partial charge in [-0.25, -0.2) is 0 Å². The van der Waals surface area contributed by atoms with E-state index in [9.17, 15) is 9.90 Å². The molecule has 0 unspecified atom stereocenters. The van der Waals surface area contributed by atoms with Crippen LogP contribution in [0.2, 0.25) is 0 Å². The molecule has 0 bridgehead atoms. The van der Waals surface area contributed by atoms with Gasteiger partial charge in [0.05, 0.1) is 0 Å². The summed E-state index contributed by atoms with van der Waals surface area (Å²) in [5.74, 6) is 2.38. The number of phenols is 1. The van der Waals surface area contributed by atoms with Crippen molar-refractivity contribution >= 4 is 11.9 Å². The zero-order chi connectivity index (χ0) is 15.6. The van der Waals surface area contributed by atoms with E-state index in [1.54, 1.807) is 0 Å². The van der Waals surface area contributed by atoms with E-state index in [-0.39, 0.29) is 5.41 Å². The Labute approximate surface area is 132 Å². The van der Waals surface area contributed by atoms with Gasteiger partial charge in [-0.15, -0.1) is 0 Å². The molecule has 0 aromatic heterocycles. The first-order chi connectivity index (χ1) is 10.4. The number of carbonyl (C=O) groups is 1. The number of ketones is 1. The molecule has 1 aromatic carbocycles. The highest BCUT2D eigenvalue weighted by molar-refractivity contribution is 5.87. The molecule has 0 radical (unpaired) electrons. The molecule has 2 heteroatoms. The van der Waals surface area contributed by atoms with E-state index in [4.69, 9.17) is 0 Å². The summed E-state index contributed by atoms with van der Waals surface area (Å²) in [4.78, 5) is 12.4. The predicted octanol–water partition coefficient (Wildman–Crippen LogP) is 4.51. The molecule has 3 aliphatic rings. The maximum Gasteiger partial charge on any atom is 0.139 e. The van der Waals surface area contributed by atoms with Gasteiger partial charge in [0.15, 0.2) is 0 Å². The molecule has 2 fully saturated rings. The highest BCUT2D eigenvalue weighted by Gasteiger charge is 2.54. The SMILES string of the molecule is Cc1c(O)cc2c(c1C)[C@H]1CC[C@]3(C)C(=O)CC[C@H]3[C@@H]1C=C2. The van der Waals surface area contributed by atoms with Crippen LogP contribution in [0.25, 0.3) is 6.08 Å². The van der Waals surface area contributed by atoms with Gasteiger partial charge in [0.25, 0.3) is 0 Å². The molecule has 0 aliphatic heterocycles. The molecular weight excluding hydrogens is 272 g/mol. The zero-order valence-corrected chi connectivity index (χ0v) is 13.6. The van der Waals surface area contributed by atoms with Crippen LogP contribution < -0.4 is 0 Å². The maximum absolute atomic E-state index is 12.4. The highest BCUT2D eigenvalue weighted by atomic mass is 16.3. The van der Waals surface area contributed by atoms with Crippen LogP contribution in [-0.2, 0) is 4.79 Å². The molecule has 22 heavy (non-hydrogen) atoms. The van der Waals surface area contributed by atoms with Crippen molar-refractivity contribution in [2.75, 3.05) is 0 Å². The standard InChI is InChI=1S/C20H24O2/c1-11-12(2)19-13(10-17(11)21)4-5-14-15(19)8-9-20(3)16(14)6-7-18(20)22/h4-5,10,14-16,21H,6-9H2,1-3H3/t14-,15+,16+,20+/m1/s1. The third-order valence-electron chi connectivity index (χ3n) is 6.86. The summed E-state index contributed by atoms with van der Waals surface area (Å²) in [6.45, 7) is 6.34. The molecule has 116 valence electrons. The highest BCUT2D eigenvalue weighted by Crippen LogP contribution is 2.59. The van der Waals surface area contributed by atoms with Crippen LogP contribution >= 0.6 is 0 Å². The Morgan fingerprint density at radius 1 is 1.23 bits per heavy atom. The normalized spacial score (nSPS) is 36.0. The minimum Gasteiger partial charge on any atom is -0.508 e. The molecule has 2 saturated carbocycles. The average Bonchev–Trinajstić information content (AvgIpc) is 2.80. The topological polar surface area (TPSA) is 37.3 Å². The van der Waals surface area contributed by atoms with E-state index in [0.29, 0.717) is 29.3 Å². The Balaban J connectivity index is 1.83. The van der Waals surface area contributed by atoms with E-state index in [0.717, 1.165) is 31.2 Å². The van der Waals surface area contributed by atoms with Crippen LogP contribution in [0.3, 0.4) is 0 Å². The van der Waals surface area contributed by atoms with Gasteiger partial charge in [-0.2, -0.15) is 0 Å². The van der Waals surface area contributed by atoms with Crippen molar-refractivity contribution in [1.29, 1.82) is 0 Å². The molecule has 4 atom stereocenters. The van der Waals surface area contributed by atoms with E-state index in [1.807, 2.05) is 13.0 Å². The lowest BCUT2D eigenvalue weighted by Gasteiger charge is -2.46. The van der Waals surface area contributed by atoms with Crippen LogP contribution in [0.5, 0.6) is 5.75 Å². The average molecular weight is 296 g/mol. The molecule has 1 aromatic rings. The van der Waals surface area contributed by atoms with Gasteiger partial charge < -0.3 is 5.11 Å². The number of fused-ring (bicyclic) bond motifs is 5. The van der Waals surface area contributed by atoms with Gasteiger partial charge in [0.2, 0.25) is 0 Å². The molecule has 1 N–H and O–H groups in total. The first kappa shape index (κ1) is 14.0. The van der Waals surface area contributed by atoms with E-state index in [2.05, 4.69) is 26.0 Å². The van der Waals surface area contributed by atoms with Gasteiger partial charge in [-0.3, -0.25) is 4.79 Å². The first-order valence-electron chi connectivity index (χ1n) is 8.48. The molecule has 0 heterocycles. The maximum atomic E-state index is 12.4. The molecule has 0 amide bonds. The van der Waals surface area contributed by atoms with E-state index in [1.165, 1.54) is 16.7 Å². The fourth-order valence-corrected chi connectivity index (χ4v) is 5.36. The van der Waals surface area contributed by atoms with Crippen LogP contribution in [-0.4, -0.2) is 10.9 Å². The third kappa shape index (κ3) is 1.64. The van der Waals surface area contributed by atoms with E-state index >= 15 is 0 Å². The second-order valence-corrected chi connectivity index (χ2v) is 7.72. The number of carbonyl (C=O) groups excluding carboxylic acids is 1. The summed E-state index contributed by atoms with van der Waals surface area (Å²) in [6, 6.07) is 1.91. The smallest absolute Gasteiger partial charge is 0.139 e. The van der Waals surface area contributed by atoms with Crippen LogP contribution in [0.1, 0.15) is 60.8 Å². The number of hydrogen-bond acceptors (Lipinski definition) is 2. The second-order valence-electron chi connectivity index (χ2n) is 7.72. The van der Waals surface area contributed by atoms with Crippen LogP contribution in [0.4, 0.5) is 0 Å². The monoisotopic (exact) mass is 296 g/mol. The Morgan fingerprint density at radius 3 is 2.77 bits per heavy atom. The van der Waals surface area contributed by atoms with Gasteiger partial charge in [-0.1, -0.05) is 19.1 Å². The van der Waals surface area contributed by atoms with Gasteiger partial charge in [0, 0.05) is 11.8 Å². The Bertz CT molecular complexity index is 700. The number of allylic oxidation sites excluding steroid dienone is 1. The fourth-order valence-electron chi connectivity index (χ4n) is 5.36. The molecule has 0 spiro atoms. The molecule has 3 aliphatic carbocycles. The number of rotatable bonds is 0. The second kappa shape index (κ2) is 4.47. The van der Waals surface area contributed by atoms with Crippen molar-refractivity contribution in [2.45, 2.75) is 52.4 Å². The predicted molar refractivity (Wildman–Crippen MR) is 87.9 cm³/mol. The van der Waals surface area contributed by atoms with Crippen molar-refractivity contribution in [2.24, 2.45) is 17.3 Å². The van der Waals surface area contributed by atoms with Gasteiger partial charge in [0.1, 0.15) is 11.5 Å². The number of Topliss-reactive ketones (excluding diaryl/α,β-unsaturated/α-hetero) is 1. The van der Waals surface area contributed by atoms with Crippen molar-refractivity contribution in [3.8, 4) is 5.75 Å². The zero-order valence-electron chi connectivity index (χ0n) is 13.6. The molecular formula is C20H24O2. The minimum absolute atomic E-state index is 0.0944. The fraction of sp³-hybridized carbons (Fsp3) is 0.550.